The molecule has 5 aromatic carbocycles. The van der Waals surface area contributed by atoms with Gasteiger partial charge in [-0.15, -0.1) is 10.2 Å². The first kappa shape index (κ1) is 24.9. The molecule has 0 bridgehead atoms. The largest absolute Gasteiger partial charge is 0.272 e. The summed E-state index contributed by atoms with van der Waals surface area (Å²) in [4.78, 5) is 12.8. The molecule has 0 atom stereocenters. The minimum absolute atomic E-state index is 0.124. The molecule has 0 saturated heterocycles. The molecule has 6 aromatic rings. The van der Waals surface area contributed by atoms with Gasteiger partial charge in [0.15, 0.2) is 11.0 Å². The van der Waals surface area contributed by atoms with Crippen molar-refractivity contribution in [2.24, 2.45) is 5.10 Å². The molecular weight excluding hydrogens is 526 g/mol. The third-order valence-electron chi connectivity index (χ3n) is 6.28. The number of halogens is 1. The van der Waals surface area contributed by atoms with Gasteiger partial charge >= 0.3 is 0 Å². The molecule has 8 heteroatoms. The van der Waals surface area contributed by atoms with E-state index in [4.69, 9.17) is 11.6 Å². The fourth-order valence-electron chi connectivity index (χ4n) is 4.48. The third kappa shape index (κ3) is 5.27. The maximum atomic E-state index is 12.8. The van der Waals surface area contributed by atoms with Crippen molar-refractivity contribution in [3.63, 3.8) is 0 Å². The predicted molar refractivity (Wildman–Crippen MR) is 160 cm³/mol. The summed E-state index contributed by atoms with van der Waals surface area (Å²) in [5, 5.41) is 18.8. The summed E-state index contributed by atoms with van der Waals surface area (Å²) in [6.45, 7) is 0. The van der Waals surface area contributed by atoms with Crippen LogP contribution in [0.25, 0.3) is 38.6 Å². The van der Waals surface area contributed by atoms with Crippen molar-refractivity contribution in [3.05, 3.63) is 120 Å². The Balaban J connectivity index is 1.22. The number of carbonyl (C=O) groups is 1. The molecule has 0 radical (unpaired) electrons. The normalized spacial score (nSPS) is 11.4. The van der Waals surface area contributed by atoms with E-state index in [1.807, 2.05) is 83.4 Å². The van der Waals surface area contributed by atoms with Crippen LogP contribution in [0.2, 0.25) is 5.02 Å². The van der Waals surface area contributed by atoms with E-state index in [-0.39, 0.29) is 11.7 Å². The van der Waals surface area contributed by atoms with Gasteiger partial charge in [0, 0.05) is 21.8 Å². The Morgan fingerprint density at radius 1 is 0.846 bits per heavy atom. The molecule has 0 unspecified atom stereocenters. The molecule has 39 heavy (non-hydrogen) atoms. The number of benzene rings is 5. The maximum absolute atomic E-state index is 12.8. The van der Waals surface area contributed by atoms with Crippen LogP contribution in [0.5, 0.6) is 0 Å². The van der Waals surface area contributed by atoms with Gasteiger partial charge in [-0.25, -0.2) is 5.43 Å². The fourth-order valence-corrected chi connectivity index (χ4v) is 5.35. The lowest BCUT2D eigenvalue weighted by Crippen LogP contribution is -2.20. The van der Waals surface area contributed by atoms with Crippen LogP contribution >= 0.6 is 23.4 Å². The SMILES string of the molecule is O=C(CSc1nnc(-c2ccc(Cl)cc2)n1-c1ccccc1)N/N=C/c1c2ccccc2cc2ccccc12. The van der Waals surface area contributed by atoms with E-state index in [0.29, 0.717) is 16.0 Å². The minimum Gasteiger partial charge on any atom is -0.272 e. The van der Waals surface area contributed by atoms with Crippen LogP contribution in [0.3, 0.4) is 0 Å². The van der Waals surface area contributed by atoms with Gasteiger partial charge in [-0.2, -0.15) is 5.10 Å². The monoisotopic (exact) mass is 547 g/mol. The average molecular weight is 548 g/mol. The zero-order valence-electron chi connectivity index (χ0n) is 20.7. The Hall–Kier alpha value is -4.46. The molecule has 0 aliphatic carbocycles. The van der Waals surface area contributed by atoms with Gasteiger partial charge < -0.3 is 0 Å². The number of nitrogens with one attached hydrogen (secondary N) is 1. The smallest absolute Gasteiger partial charge is 0.250 e. The molecule has 0 aliphatic rings. The summed E-state index contributed by atoms with van der Waals surface area (Å²) in [5.74, 6) is 0.553. The minimum atomic E-state index is -0.239. The number of aromatic nitrogens is 3. The molecule has 190 valence electrons. The second kappa shape index (κ2) is 11.1. The number of carbonyl (C=O) groups excluding carboxylic acids is 1. The Bertz CT molecular complexity index is 1760. The third-order valence-corrected chi connectivity index (χ3v) is 7.46. The molecule has 6 nitrogen and oxygen atoms in total. The van der Waals surface area contributed by atoms with Gasteiger partial charge in [0.05, 0.1) is 12.0 Å². The first-order valence-electron chi connectivity index (χ1n) is 12.3. The Morgan fingerprint density at radius 3 is 2.18 bits per heavy atom. The highest BCUT2D eigenvalue weighted by Crippen LogP contribution is 2.29. The highest BCUT2D eigenvalue weighted by molar-refractivity contribution is 7.99. The van der Waals surface area contributed by atoms with Crippen molar-refractivity contribution in [1.29, 1.82) is 0 Å². The van der Waals surface area contributed by atoms with E-state index in [2.05, 4.69) is 51.1 Å². The Labute approximate surface area is 234 Å². The highest BCUT2D eigenvalue weighted by Gasteiger charge is 2.17. The highest BCUT2D eigenvalue weighted by atomic mass is 35.5. The van der Waals surface area contributed by atoms with Crippen LogP contribution in [-0.4, -0.2) is 32.6 Å². The maximum Gasteiger partial charge on any atom is 0.250 e. The van der Waals surface area contributed by atoms with Crippen molar-refractivity contribution in [2.75, 3.05) is 5.75 Å². The summed E-state index contributed by atoms with van der Waals surface area (Å²) in [5.41, 5.74) is 5.41. The molecule has 1 N–H and O–H groups in total. The average Bonchev–Trinajstić information content (AvgIpc) is 3.40. The molecule has 0 saturated carbocycles. The van der Waals surface area contributed by atoms with Crippen LogP contribution in [0.4, 0.5) is 0 Å². The lowest BCUT2D eigenvalue weighted by molar-refractivity contribution is -0.118. The van der Waals surface area contributed by atoms with Gasteiger partial charge in [0.25, 0.3) is 5.91 Å². The molecule has 6 rings (SSSR count). The first-order chi connectivity index (χ1) is 19.2. The second-order valence-corrected chi connectivity index (χ2v) is 10.2. The number of fused-ring (bicyclic) bond motifs is 2. The summed E-state index contributed by atoms with van der Waals surface area (Å²) in [6.07, 6.45) is 1.72. The van der Waals surface area contributed by atoms with Crippen LogP contribution in [0, 0.1) is 0 Å². The van der Waals surface area contributed by atoms with Gasteiger partial charge in [0.1, 0.15) is 0 Å². The number of hydrazone groups is 1. The van der Waals surface area contributed by atoms with Crippen molar-refractivity contribution in [3.8, 4) is 17.1 Å². The quantitative estimate of drug-likeness (QED) is 0.0998. The summed E-state index contributed by atoms with van der Waals surface area (Å²) < 4.78 is 1.94. The second-order valence-electron chi connectivity index (χ2n) is 8.80. The number of hydrogen-bond acceptors (Lipinski definition) is 5. The summed E-state index contributed by atoms with van der Waals surface area (Å²) in [7, 11) is 0. The standard InChI is InChI=1S/C31H22ClN5OS/c32-24-16-14-21(15-17-24)30-35-36-31(37(30)25-10-2-1-3-11-25)39-20-29(38)34-33-19-28-26-12-6-4-8-22(26)18-23-9-5-7-13-27(23)28/h1-19H,20H2,(H,34,38)/b33-19+. The molecular formula is C31H22ClN5OS. The van der Waals surface area contributed by atoms with Gasteiger partial charge in [-0.3, -0.25) is 9.36 Å². The van der Waals surface area contributed by atoms with E-state index < -0.39 is 0 Å². The Morgan fingerprint density at radius 2 is 1.49 bits per heavy atom. The van der Waals surface area contributed by atoms with Crippen LogP contribution in [0.15, 0.2) is 119 Å². The van der Waals surface area contributed by atoms with Gasteiger partial charge in [-0.05, 0) is 64.0 Å². The first-order valence-corrected chi connectivity index (χ1v) is 13.7. The van der Waals surface area contributed by atoms with E-state index >= 15 is 0 Å². The molecule has 1 aromatic heterocycles. The van der Waals surface area contributed by atoms with Crippen molar-refractivity contribution < 1.29 is 4.79 Å². The van der Waals surface area contributed by atoms with Gasteiger partial charge in [-0.1, -0.05) is 90.1 Å². The topological polar surface area (TPSA) is 72.2 Å². The van der Waals surface area contributed by atoms with Gasteiger partial charge in [0.2, 0.25) is 0 Å². The number of rotatable bonds is 7. The van der Waals surface area contributed by atoms with Crippen LogP contribution < -0.4 is 5.43 Å². The molecule has 0 fully saturated rings. The lowest BCUT2D eigenvalue weighted by Gasteiger charge is -2.10. The fraction of sp³-hybridized carbons (Fsp3) is 0.0323. The van der Waals surface area contributed by atoms with Crippen LogP contribution in [-0.2, 0) is 4.79 Å². The molecule has 1 amide bonds. The molecule has 1 heterocycles. The number of nitrogens with zero attached hydrogens (tertiary/aromatic N) is 4. The zero-order chi connectivity index (χ0) is 26.6. The van der Waals surface area contributed by atoms with Crippen molar-refractivity contribution in [1.82, 2.24) is 20.2 Å². The van der Waals surface area contributed by atoms with E-state index in [9.17, 15) is 4.79 Å². The number of amides is 1. The van der Waals surface area contributed by atoms with E-state index in [0.717, 1.165) is 38.4 Å². The van der Waals surface area contributed by atoms with Crippen molar-refractivity contribution >= 4 is 57.0 Å². The van der Waals surface area contributed by atoms with E-state index in [1.165, 1.54) is 11.8 Å². The molecule has 0 aliphatic heterocycles. The lowest BCUT2D eigenvalue weighted by atomic mass is 9.97. The zero-order valence-corrected chi connectivity index (χ0v) is 22.2. The number of para-hydroxylation sites is 1. The van der Waals surface area contributed by atoms with Crippen molar-refractivity contribution in [2.45, 2.75) is 5.16 Å². The summed E-state index contributed by atoms with van der Waals surface area (Å²) in [6, 6.07) is 35.7. The number of hydrogen-bond donors (Lipinski definition) is 1. The molecule has 0 spiro atoms. The predicted octanol–water partition coefficient (Wildman–Crippen LogP) is 7.14. The summed E-state index contributed by atoms with van der Waals surface area (Å²) >= 11 is 7.38. The van der Waals surface area contributed by atoms with Crippen LogP contribution in [0.1, 0.15) is 5.56 Å². The Kier molecular flexibility index (Phi) is 7.08. The number of thioether (sulfide) groups is 1. The van der Waals surface area contributed by atoms with E-state index in [1.54, 1.807) is 6.21 Å².